The summed E-state index contributed by atoms with van der Waals surface area (Å²) in [5, 5.41) is 3.51. The second kappa shape index (κ2) is 11.4. The van der Waals surface area contributed by atoms with Gasteiger partial charge in [0.15, 0.2) is 0 Å². The molecular weight excluding hydrogens is 370 g/mol. The van der Waals surface area contributed by atoms with E-state index in [1.807, 2.05) is 24.3 Å². The minimum absolute atomic E-state index is 0. The van der Waals surface area contributed by atoms with Gasteiger partial charge in [-0.05, 0) is 49.2 Å². The van der Waals surface area contributed by atoms with E-state index in [0.717, 1.165) is 31.0 Å². The number of nitrogens with one attached hydrogen (secondary N) is 1. The van der Waals surface area contributed by atoms with E-state index in [1.165, 1.54) is 22.3 Å². The molecule has 0 bridgehead atoms. The standard InChI is InChI=1S/C24H27NO2.ClH/c1-19-7-9-21(10-8-19)18-27-24-6-4-3-5-22(24)17-25-16-15-20-11-13-23(26-2)14-12-20;/h3-14,25H,15-18H2,1-2H3;1H. The summed E-state index contributed by atoms with van der Waals surface area (Å²) in [7, 11) is 1.69. The molecule has 0 saturated heterocycles. The Bertz CT molecular complexity index is 832. The first-order valence-electron chi connectivity index (χ1n) is 9.34. The molecule has 3 aromatic carbocycles. The Kier molecular flexibility index (Phi) is 8.86. The molecule has 0 aliphatic rings. The lowest BCUT2D eigenvalue weighted by Gasteiger charge is -2.12. The lowest BCUT2D eigenvalue weighted by Crippen LogP contribution is -2.17. The molecule has 0 aliphatic carbocycles. The normalized spacial score (nSPS) is 10.2. The van der Waals surface area contributed by atoms with Crippen LogP contribution in [-0.4, -0.2) is 13.7 Å². The number of hydrogen-bond donors (Lipinski definition) is 1. The van der Waals surface area contributed by atoms with Gasteiger partial charge in [-0.15, -0.1) is 12.4 Å². The van der Waals surface area contributed by atoms with E-state index in [2.05, 4.69) is 60.8 Å². The van der Waals surface area contributed by atoms with Crippen molar-refractivity contribution in [3.63, 3.8) is 0 Å². The number of benzene rings is 3. The van der Waals surface area contributed by atoms with Crippen molar-refractivity contribution in [2.24, 2.45) is 0 Å². The summed E-state index contributed by atoms with van der Waals surface area (Å²) >= 11 is 0. The van der Waals surface area contributed by atoms with Gasteiger partial charge < -0.3 is 14.8 Å². The number of hydrogen-bond acceptors (Lipinski definition) is 3. The molecule has 0 spiro atoms. The van der Waals surface area contributed by atoms with Crippen molar-refractivity contribution in [3.05, 3.63) is 95.1 Å². The summed E-state index contributed by atoms with van der Waals surface area (Å²) in [6.07, 6.45) is 0.983. The van der Waals surface area contributed by atoms with Crippen LogP contribution in [-0.2, 0) is 19.6 Å². The summed E-state index contributed by atoms with van der Waals surface area (Å²) in [5.74, 6) is 1.83. The second-order valence-electron chi connectivity index (χ2n) is 6.66. The van der Waals surface area contributed by atoms with E-state index in [9.17, 15) is 0 Å². The van der Waals surface area contributed by atoms with Crippen molar-refractivity contribution >= 4 is 12.4 Å². The topological polar surface area (TPSA) is 30.5 Å². The highest BCUT2D eigenvalue weighted by atomic mass is 35.5. The molecule has 0 radical (unpaired) electrons. The summed E-state index contributed by atoms with van der Waals surface area (Å²) < 4.78 is 11.2. The third-order valence-electron chi connectivity index (χ3n) is 4.55. The van der Waals surface area contributed by atoms with Crippen LogP contribution in [0.3, 0.4) is 0 Å². The Morgan fingerprint density at radius 3 is 2.21 bits per heavy atom. The van der Waals surface area contributed by atoms with Crippen LogP contribution in [0.4, 0.5) is 0 Å². The molecule has 0 fully saturated rings. The maximum Gasteiger partial charge on any atom is 0.124 e. The molecule has 0 saturated carbocycles. The van der Waals surface area contributed by atoms with E-state index in [1.54, 1.807) is 7.11 Å². The number of aryl methyl sites for hydroxylation is 1. The van der Waals surface area contributed by atoms with E-state index >= 15 is 0 Å². The van der Waals surface area contributed by atoms with Crippen LogP contribution >= 0.6 is 12.4 Å². The number of para-hydroxylation sites is 1. The van der Waals surface area contributed by atoms with E-state index in [0.29, 0.717) is 6.61 Å². The molecule has 0 unspecified atom stereocenters. The molecule has 1 N–H and O–H groups in total. The van der Waals surface area contributed by atoms with Crippen molar-refractivity contribution in [3.8, 4) is 11.5 Å². The number of methoxy groups -OCH3 is 1. The molecule has 148 valence electrons. The maximum absolute atomic E-state index is 6.05. The molecule has 0 aliphatic heterocycles. The Hall–Kier alpha value is -2.49. The van der Waals surface area contributed by atoms with Gasteiger partial charge in [0.2, 0.25) is 0 Å². The predicted molar refractivity (Wildman–Crippen MR) is 118 cm³/mol. The third kappa shape index (κ3) is 6.59. The summed E-state index contributed by atoms with van der Waals surface area (Å²) in [6, 6.07) is 24.9. The Morgan fingerprint density at radius 2 is 1.50 bits per heavy atom. The summed E-state index contributed by atoms with van der Waals surface area (Å²) in [6.45, 7) is 4.39. The first-order chi connectivity index (χ1) is 13.2. The SMILES string of the molecule is COc1ccc(CCNCc2ccccc2OCc2ccc(C)cc2)cc1.Cl. The average Bonchev–Trinajstić information content (AvgIpc) is 2.72. The molecular formula is C24H28ClNO2. The van der Waals surface area contributed by atoms with Gasteiger partial charge in [0.25, 0.3) is 0 Å². The van der Waals surface area contributed by atoms with Crippen molar-refractivity contribution < 1.29 is 9.47 Å². The molecule has 3 nitrogen and oxygen atoms in total. The zero-order chi connectivity index (χ0) is 18.9. The maximum atomic E-state index is 6.05. The fraction of sp³-hybridized carbons (Fsp3) is 0.250. The molecule has 0 atom stereocenters. The largest absolute Gasteiger partial charge is 0.497 e. The van der Waals surface area contributed by atoms with Gasteiger partial charge >= 0.3 is 0 Å². The summed E-state index contributed by atoms with van der Waals surface area (Å²) in [5.41, 5.74) is 4.93. The molecule has 0 amide bonds. The Balaban J connectivity index is 0.00000280. The highest BCUT2D eigenvalue weighted by molar-refractivity contribution is 5.85. The van der Waals surface area contributed by atoms with Gasteiger partial charge in [0.05, 0.1) is 7.11 Å². The molecule has 28 heavy (non-hydrogen) atoms. The minimum atomic E-state index is 0. The van der Waals surface area contributed by atoms with Crippen molar-refractivity contribution in [2.45, 2.75) is 26.5 Å². The van der Waals surface area contributed by atoms with Crippen LogP contribution < -0.4 is 14.8 Å². The summed E-state index contributed by atoms with van der Waals surface area (Å²) in [4.78, 5) is 0. The molecule has 0 aromatic heterocycles. The highest BCUT2D eigenvalue weighted by Gasteiger charge is 2.04. The highest BCUT2D eigenvalue weighted by Crippen LogP contribution is 2.19. The van der Waals surface area contributed by atoms with Gasteiger partial charge in [-0.1, -0.05) is 60.2 Å². The van der Waals surface area contributed by atoms with Gasteiger partial charge in [-0.3, -0.25) is 0 Å². The Labute approximate surface area is 174 Å². The van der Waals surface area contributed by atoms with Crippen LogP contribution in [0.15, 0.2) is 72.8 Å². The van der Waals surface area contributed by atoms with Crippen LogP contribution in [0.2, 0.25) is 0 Å². The lowest BCUT2D eigenvalue weighted by atomic mass is 10.1. The van der Waals surface area contributed by atoms with Crippen molar-refractivity contribution in [1.29, 1.82) is 0 Å². The zero-order valence-corrected chi connectivity index (χ0v) is 17.3. The molecule has 3 aromatic rings. The van der Waals surface area contributed by atoms with Crippen molar-refractivity contribution in [2.75, 3.05) is 13.7 Å². The number of ether oxygens (including phenoxy) is 2. The van der Waals surface area contributed by atoms with Gasteiger partial charge in [0, 0.05) is 12.1 Å². The molecule has 3 rings (SSSR count). The molecule has 0 heterocycles. The smallest absolute Gasteiger partial charge is 0.124 e. The van der Waals surface area contributed by atoms with E-state index in [-0.39, 0.29) is 12.4 Å². The molecule has 4 heteroatoms. The van der Waals surface area contributed by atoms with Gasteiger partial charge in [-0.2, -0.15) is 0 Å². The van der Waals surface area contributed by atoms with Gasteiger partial charge in [-0.25, -0.2) is 0 Å². The fourth-order valence-corrected chi connectivity index (χ4v) is 2.88. The second-order valence-corrected chi connectivity index (χ2v) is 6.66. The van der Waals surface area contributed by atoms with Crippen LogP contribution in [0.25, 0.3) is 0 Å². The number of rotatable bonds is 9. The van der Waals surface area contributed by atoms with Crippen LogP contribution in [0, 0.1) is 6.92 Å². The quantitative estimate of drug-likeness (QED) is 0.494. The van der Waals surface area contributed by atoms with Gasteiger partial charge in [0.1, 0.15) is 18.1 Å². The first-order valence-corrected chi connectivity index (χ1v) is 9.34. The van der Waals surface area contributed by atoms with Crippen LogP contribution in [0.5, 0.6) is 11.5 Å². The van der Waals surface area contributed by atoms with Crippen molar-refractivity contribution in [1.82, 2.24) is 5.32 Å². The van der Waals surface area contributed by atoms with E-state index in [4.69, 9.17) is 9.47 Å². The average molecular weight is 398 g/mol. The monoisotopic (exact) mass is 397 g/mol. The fourth-order valence-electron chi connectivity index (χ4n) is 2.88. The van der Waals surface area contributed by atoms with Crippen LogP contribution in [0.1, 0.15) is 22.3 Å². The Morgan fingerprint density at radius 1 is 0.821 bits per heavy atom. The third-order valence-corrected chi connectivity index (χ3v) is 4.55. The first kappa shape index (κ1) is 21.8. The predicted octanol–water partition coefficient (Wildman–Crippen LogP) is 5.34. The zero-order valence-electron chi connectivity index (χ0n) is 16.5. The van der Waals surface area contributed by atoms with E-state index < -0.39 is 0 Å². The minimum Gasteiger partial charge on any atom is -0.497 e. The number of halogens is 1. The lowest BCUT2D eigenvalue weighted by molar-refractivity contribution is 0.302.